The third-order valence-electron chi connectivity index (χ3n) is 3.09. The van der Waals surface area contributed by atoms with Crippen molar-refractivity contribution in [3.05, 3.63) is 42.2 Å². The fourth-order valence-corrected chi connectivity index (χ4v) is 2.09. The number of hydrogen-bond acceptors (Lipinski definition) is 4. The summed E-state index contributed by atoms with van der Waals surface area (Å²) in [6.45, 7) is 2.22. The van der Waals surface area contributed by atoms with E-state index in [4.69, 9.17) is 0 Å². The monoisotopic (exact) mass is 283 g/mol. The molecule has 0 atom stereocenters. The Morgan fingerprint density at radius 2 is 1.80 bits per heavy atom. The Morgan fingerprint density at radius 3 is 2.40 bits per heavy atom. The van der Waals surface area contributed by atoms with E-state index < -0.39 is 0 Å². The molecule has 2 rings (SSSR count). The van der Waals surface area contributed by atoms with Crippen molar-refractivity contribution in [1.29, 1.82) is 0 Å². The van der Waals surface area contributed by atoms with Gasteiger partial charge in [-0.25, -0.2) is 9.97 Å². The van der Waals surface area contributed by atoms with Gasteiger partial charge in [0.1, 0.15) is 5.69 Å². The van der Waals surface area contributed by atoms with Crippen molar-refractivity contribution in [3.63, 3.8) is 0 Å². The van der Waals surface area contributed by atoms with Crippen molar-refractivity contribution >= 4 is 23.1 Å². The highest BCUT2D eigenvalue weighted by molar-refractivity contribution is 7.78. The number of benzene rings is 1. The van der Waals surface area contributed by atoms with Gasteiger partial charge in [0, 0.05) is 5.56 Å². The number of nitrogens with zero attached hydrogens (tertiary/aromatic N) is 3. The van der Waals surface area contributed by atoms with Gasteiger partial charge >= 0.3 is 0 Å². The molecule has 0 aliphatic rings. The lowest BCUT2D eigenvalue weighted by Gasteiger charge is -2.03. The summed E-state index contributed by atoms with van der Waals surface area (Å²) >= 11 is 4.55. The molecule has 0 radical (unpaired) electrons. The SMILES string of the molecule is CCCCCc1ccc(-c2ncc(N=C=S)cn2)cc1. The highest BCUT2D eigenvalue weighted by Gasteiger charge is 2.01. The van der Waals surface area contributed by atoms with Crippen molar-refractivity contribution in [3.8, 4) is 11.4 Å². The van der Waals surface area contributed by atoms with Crippen molar-refractivity contribution < 1.29 is 0 Å². The van der Waals surface area contributed by atoms with Crippen LogP contribution in [-0.2, 0) is 6.42 Å². The lowest BCUT2D eigenvalue weighted by atomic mass is 10.1. The number of isothiocyanates is 1. The van der Waals surface area contributed by atoms with Gasteiger partial charge in [0.2, 0.25) is 0 Å². The molecule has 0 fully saturated rings. The minimum atomic E-state index is 0.625. The number of aromatic nitrogens is 2. The Labute approximate surface area is 124 Å². The molecule has 1 aromatic heterocycles. The van der Waals surface area contributed by atoms with E-state index in [1.165, 1.54) is 24.8 Å². The first kappa shape index (κ1) is 14.5. The molecular formula is C16H17N3S. The quantitative estimate of drug-likeness (QED) is 0.441. The number of aliphatic imine (C=N–C) groups is 1. The molecule has 0 amide bonds. The molecule has 0 unspecified atom stereocenters. The third kappa shape index (κ3) is 4.05. The fourth-order valence-electron chi connectivity index (χ4n) is 1.98. The fraction of sp³-hybridized carbons (Fsp3) is 0.312. The van der Waals surface area contributed by atoms with Crippen LogP contribution in [0.4, 0.5) is 5.69 Å². The van der Waals surface area contributed by atoms with Gasteiger partial charge in [-0.15, -0.1) is 0 Å². The van der Waals surface area contributed by atoms with Crippen LogP contribution >= 0.6 is 12.2 Å². The molecule has 102 valence electrons. The van der Waals surface area contributed by atoms with Gasteiger partial charge in [0.15, 0.2) is 5.82 Å². The molecule has 0 N–H and O–H groups in total. The predicted molar refractivity (Wildman–Crippen MR) is 85.4 cm³/mol. The average molecular weight is 283 g/mol. The molecule has 1 heterocycles. The maximum absolute atomic E-state index is 4.55. The van der Waals surface area contributed by atoms with Crippen LogP contribution in [0.15, 0.2) is 41.7 Å². The maximum atomic E-state index is 4.55. The molecular weight excluding hydrogens is 266 g/mol. The van der Waals surface area contributed by atoms with E-state index in [0.717, 1.165) is 12.0 Å². The van der Waals surface area contributed by atoms with Crippen molar-refractivity contribution in [1.82, 2.24) is 9.97 Å². The number of thiocarbonyl (C=S) groups is 1. The van der Waals surface area contributed by atoms with Crippen LogP contribution in [0.3, 0.4) is 0 Å². The Bertz CT molecular complexity index is 584. The molecule has 4 heteroatoms. The van der Waals surface area contributed by atoms with Crippen molar-refractivity contribution in [2.45, 2.75) is 32.6 Å². The van der Waals surface area contributed by atoms with Crippen LogP contribution < -0.4 is 0 Å². The summed E-state index contributed by atoms with van der Waals surface area (Å²) < 4.78 is 0. The first-order valence-corrected chi connectivity index (χ1v) is 7.23. The van der Waals surface area contributed by atoms with Crippen molar-refractivity contribution in [2.24, 2.45) is 4.99 Å². The second-order valence-electron chi connectivity index (χ2n) is 4.62. The molecule has 0 aliphatic heterocycles. The maximum Gasteiger partial charge on any atom is 0.159 e. The summed E-state index contributed by atoms with van der Waals surface area (Å²) in [5.74, 6) is 0.702. The second-order valence-corrected chi connectivity index (χ2v) is 4.80. The summed E-state index contributed by atoms with van der Waals surface area (Å²) in [6, 6.07) is 8.44. The number of hydrogen-bond donors (Lipinski definition) is 0. The molecule has 0 spiro atoms. The topological polar surface area (TPSA) is 38.1 Å². The Hall–Kier alpha value is -1.90. The van der Waals surface area contributed by atoms with E-state index in [-0.39, 0.29) is 0 Å². The molecule has 0 saturated carbocycles. The molecule has 1 aromatic carbocycles. The Kier molecular flexibility index (Phi) is 5.54. The van der Waals surface area contributed by atoms with E-state index in [0.29, 0.717) is 11.5 Å². The smallest absolute Gasteiger partial charge is 0.159 e. The minimum Gasteiger partial charge on any atom is -0.234 e. The zero-order valence-corrected chi connectivity index (χ0v) is 12.4. The average Bonchev–Trinajstić information content (AvgIpc) is 2.49. The van der Waals surface area contributed by atoms with Crippen LogP contribution in [0.5, 0.6) is 0 Å². The van der Waals surface area contributed by atoms with Gasteiger partial charge < -0.3 is 0 Å². The second kappa shape index (κ2) is 7.63. The summed E-state index contributed by atoms with van der Waals surface area (Å²) in [5.41, 5.74) is 3.01. The van der Waals surface area contributed by atoms with E-state index >= 15 is 0 Å². The highest BCUT2D eigenvalue weighted by atomic mass is 32.1. The first-order valence-electron chi connectivity index (χ1n) is 6.82. The molecule has 0 aliphatic carbocycles. The van der Waals surface area contributed by atoms with Gasteiger partial charge in [-0.05, 0) is 30.6 Å². The van der Waals surface area contributed by atoms with Gasteiger partial charge in [-0.1, -0.05) is 44.0 Å². The normalized spacial score (nSPS) is 10.1. The van der Waals surface area contributed by atoms with Gasteiger partial charge in [-0.2, -0.15) is 4.99 Å². The van der Waals surface area contributed by atoms with Gasteiger partial charge in [0.05, 0.1) is 17.6 Å². The van der Waals surface area contributed by atoms with Crippen LogP contribution in [0.25, 0.3) is 11.4 Å². The first-order chi connectivity index (χ1) is 9.83. The van der Waals surface area contributed by atoms with E-state index in [1.807, 2.05) is 0 Å². The summed E-state index contributed by atoms with van der Waals surface area (Å²) in [5, 5.41) is 2.30. The van der Waals surface area contributed by atoms with E-state index in [9.17, 15) is 0 Å². The minimum absolute atomic E-state index is 0.625. The molecule has 0 bridgehead atoms. The number of aryl methyl sites for hydroxylation is 1. The molecule has 0 saturated heterocycles. The van der Waals surface area contributed by atoms with Crippen LogP contribution in [0.1, 0.15) is 31.7 Å². The van der Waals surface area contributed by atoms with E-state index in [2.05, 4.69) is 63.5 Å². The largest absolute Gasteiger partial charge is 0.234 e. The van der Waals surface area contributed by atoms with E-state index in [1.54, 1.807) is 12.4 Å². The Morgan fingerprint density at radius 1 is 1.10 bits per heavy atom. The zero-order valence-electron chi connectivity index (χ0n) is 11.5. The lowest BCUT2D eigenvalue weighted by molar-refractivity contribution is 0.717. The lowest BCUT2D eigenvalue weighted by Crippen LogP contribution is -1.89. The van der Waals surface area contributed by atoms with Crippen LogP contribution in [-0.4, -0.2) is 15.1 Å². The summed E-state index contributed by atoms with van der Waals surface area (Å²) in [4.78, 5) is 12.4. The predicted octanol–water partition coefficient (Wildman–Crippen LogP) is 4.61. The van der Waals surface area contributed by atoms with Crippen molar-refractivity contribution in [2.75, 3.05) is 0 Å². The van der Waals surface area contributed by atoms with Gasteiger partial charge in [-0.3, -0.25) is 0 Å². The van der Waals surface area contributed by atoms with Crippen LogP contribution in [0.2, 0.25) is 0 Å². The van der Waals surface area contributed by atoms with Gasteiger partial charge in [0.25, 0.3) is 0 Å². The molecule has 2 aromatic rings. The zero-order chi connectivity index (χ0) is 14.2. The molecule has 20 heavy (non-hydrogen) atoms. The Balaban J connectivity index is 2.07. The highest BCUT2D eigenvalue weighted by Crippen LogP contribution is 2.18. The third-order valence-corrected chi connectivity index (χ3v) is 3.19. The number of rotatable bonds is 6. The van der Waals surface area contributed by atoms with Crippen LogP contribution in [0, 0.1) is 0 Å². The summed E-state index contributed by atoms with van der Waals surface area (Å²) in [6.07, 6.45) is 8.22. The standard InChI is InChI=1S/C16H17N3S/c1-2-3-4-5-13-6-8-14(9-7-13)16-17-10-15(11-18-16)19-12-20/h6-11H,2-5H2,1H3. The molecule has 3 nitrogen and oxygen atoms in total. The summed E-state index contributed by atoms with van der Waals surface area (Å²) in [7, 11) is 0. The number of unbranched alkanes of at least 4 members (excludes halogenated alkanes) is 2.